The lowest BCUT2D eigenvalue weighted by Gasteiger charge is -2.46. The monoisotopic (exact) mass is 652 g/mol. The van der Waals surface area contributed by atoms with Gasteiger partial charge in [0.25, 0.3) is 5.79 Å². The van der Waals surface area contributed by atoms with Gasteiger partial charge >= 0.3 is 13.8 Å². The zero-order valence-electron chi connectivity index (χ0n) is 22.8. The van der Waals surface area contributed by atoms with Gasteiger partial charge in [-0.05, 0) is 11.6 Å². The summed E-state index contributed by atoms with van der Waals surface area (Å²) in [6.45, 7) is 0.937. The molecule has 3 rings (SSSR count). The van der Waals surface area contributed by atoms with Gasteiger partial charge in [0, 0.05) is 29.9 Å². The number of amidine groups is 1. The number of aliphatic imine (C=N–C) groups is 1. The van der Waals surface area contributed by atoms with Gasteiger partial charge < -0.3 is 60.7 Å². The summed E-state index contributed by atoms with van der Waals surface area (Å²) in [4.78, 5) is 42.5. The quantitative estimate of drug-likeness (QED) is 0.0385. The molecular weight excluding hydrogens is 619 g/mol. The summed E-state index contributed by atoms with van der Waals surface area (Å²) < 4.78 is 33.5. The topological polar surface area (TPSA) is 340 Å². The van der Waals surface area contributed by atoms with Crippen molar-refractivity contribution >= 4 is 25.4 Å². The maximum atomic E-state index is 12.9. The molecule has 44 heavy (non-hydrogen) atoms. The molecule has 0 radical (unpaired) electrons. The van der Waals surface area contributed by atoms with Crippen LogP contribution >= 0.6 is 7.82 Å². The lowest BCUT2D eigenvalue weighted by molar-refractivity contribution is -0.298. The van der Waals surface area contributed by atoms with E-state index in [0.29, 0.717) is 0 Å². The lowest BCUT2D eigenvalue weighted by Crippen LogP contribution is -2.61. The van der Waals surface area contributed by atoms with Crippen molar-refractivity contribution in [3.63, 3.8) is 0 Å². The first-order chi connectivity index (χ1) is 20.6. The van der Waals surface area contributed by atoms with Gasteiger partial charge in [-0.25, -0.2) is 18.9 Å². The highest BCUT2D eigenvalue weighted by Crippen LogP contribution is 2.52. The van der Waals surface area contributed by atoms with E-state index < -0.39 is 113 Å². The average Bonchev–Trinajstić information content (AvgIpc) is 3.23. The smallest absolute Gasteiger partial charge is 0.475 e. The fourth-order valence-corrected chi connectivity index (χ4v) is 5.73. The number of rotatable bonds is 14. The van der Waals surface area contributed by atoms with Gasteiger partial charge in [0.05, 0.1) is 32.0 Å². The Labute approximate surface area is 248 Å². The number of hydrogen-bond donors (Lipinski definition) is 9. The van der Waals surface area contributed by atoms with Crippen LogP contribution in [0.15, 0.2) is 34.8 Å². The van der Waals surface area contributed by atoms with Crippen LogP contribution in [0.1, 0.15) is 12.8 Å². The predicted octanol–water partition coefficient (Wildman–Crippen LogP) is -3.25. The molecule has 2 saturated heterocycles. The Morgan fingerprint density at radius 2 is 2.02 bits per heavy atom. The number of aliphatic hydroxyl groups is 6. The van der Waals surface area contributed by atoms with Crippen LogP contribution in [0.4, 0.5) is 0 Å². The van der Waals surface area contributed by atoms with Gasteiger partial charge in [0.2, 0.25) is 0 Å². The molecule has 2 fully saturated rings. The number of carboxylic acids is 1. The molecule has 0 saturated carbocycles. The van der Waals surface area contributed by atoms with Crippen molar-refractivity contribution in [3.05, 3.63) is 35.1 Å². The van der Waals surface area contributed by atoms with Gasteiger partial charge in [0.15, 0.2) is 6.23 Å². The highest BCUT2D eigenvalue weighted by atomic mass is 31.2. The van der Waals surface area contributed by atoms with Crippen molar-refractivity contribution in [2.75, 3.05) is 19.8 Å². The summed E-state index contributed by atoms with van der Waals surface area (Å²) >= 11 is 0. The average molecular weight is 653 g/mol. The van der Waals surface area contributed by atoms with E-state index in [2.05, 4.69) is 21.6 Å². The molecule has 3 aliphatic heterocycles. The summed E-state index contributed by atoms with van der Waals surface area (Å²) in [6.07, 6.45) is -13.2. The van der Waals surface area contributed by atoms with Gasteiger partial charge in [0.1, 0.15) is 48.0 Å². The normalized spacial score (nSPS) is 34.9. The molecule has 11 atom stereocenters. The summed E-state index contributed by atoms with van der Waals surface area (Å²) in [7, 11) is -5.52. The molecular formula is C22H33N6O15P. The van der Waals surface area contributed by atoms with Crippen LogP contribution in [0.2, 0.25) is 0 Å². The first kappa shape index (κ1) is 35.5. The Hall–Kier alpha value is -3.01. The van der Waals surface area contributed by atoms with Gasteiger partial charge in [-0.15, -0.1) is 0 Å². The van der Waals surface area contributed by atoms with Gasteiger partial charge in [-0.2, -0.15) is 0 Å². The number of ether oxygens (including phenoxy) is 2. The number of hydrogen-bond acceptors (Lipinski definition) is 17. The molecule has 3 aliphatic rings. The number of azide groups is 1. The van der Waals surface area contributed by atoms with Crippen molar-refractivity contribution in [1.82, 2.24) is 4.90 Å². The van der Waals surface area contributed by atoms with E-state index >= 15 is 0 Å². The van der Waals surface area contributed by atoms with Crippen LogP contribution in [0.3, 0.4) is 0 Å². The van der Waals surface area contributed by atoms with Gasteiger partial charge in [-0.1, -0.05) is 11.7 Å². The van der Waals surface area contributed by atoms with Crippen LogP contribution in [0.25, 0.3) is 10.4 Å². The third kappa shape index (κ3) is 7.98. The van der Waals surface area contributed by atoms with E-state index in [4.69, 9.17) is 29.8 Å². The molecule has 0 aromatic rings. The molecule has 246 valence electrons. The summed E-state index contributed by atoms with van der Waals surface area (Å²) in [6, 6.07) is 0. The highest BCUT2D eigenvalue weighted by molar-refractivity contribution is 7.47. The second-order valence-corrected chi connectivity index (χ2v) is 11.4. The minimum absolute atomic E-state index is 0.0382. The number of nitrogens with zero attached hydrogens (tertiary/aromatic N) is 5. The molecule has 0 amide bonds. The van der Waals surface area contributed by atoms with E-state index in [-0.39, 0.29) is 11.7 Å². The summed E-state index contributed by atoms with van der Waals surface area (Å²) in [5.74, 6) is -7.42. The van der Waals surface area contributed by atoms with E-state index in [0.717, 1.165) is 0 Å². The number of phosphoric acid groups is 1. The SMILES string of the molecule is C=C1N=C(N)C=CN1[C@@H]1O[C@H](COP(=O)(O)OC2(C(=O)O)CC(O)C(CC(=O)CN=[N+]=[N-])C([C@H](O)[C@H](O)CO)O2)[C@H](O)C1O. The van der Waals surface area contributed by atoms with Crippen molar-refractivity contribution in [1.29, 1.82) is 0 Å². The van der Waals surface area contributed by atoms with E-state index in [9.17, 15) is 54.8 Å². The molecule has 21 nitrogen and oxygen atoms in total. The second-order valence-electron chi connectivity index (χ2n) is 10.0. The Morgan fingerprint density at radius 3 is 2.61 bits per heavy atom. The molecule has 0 aromatic carbocycles. The Balaban J connectivity index is 1.77. The first-order valence-electron chi connectivity index (χ1n) is 12.8. The maximum Gasteiger partial charge on any atom is 0.475 e. The zero-order valence-corrected chi connectivity index (χ0v) is 23.7. The molecule has 10 N–H and O–H groups in total. The number of carbonyl (C=O) groups excluding carboxylic acids is 1. The number of phosphoric ester groups is 1. The molecule has 0 bridgehead atoms. The standard InChI is InChI=1S/C22H33N6O15P/c1-9-26-15(23)2-3-28(9)20-18(35)17(34)14(41-20)8-40-44(38,39)43-22(21(36)37)5-12(31)11(4-10(30)6-25-27-24)19(42-22)16(33)13(32)7-29/h2-3,11-14,16-20,29,31-35H,1,4-8H2,(H2,23,26)(H,36,37)(H,38,39)/t11?,12?,13-,14-,16-,17+,18?,19?,20-,22?/m1/s1. The molecule has 22 heteroatoms. The highest BCUT2D eigenvalue weighted by Gasteiger charge is 2.58. The number of ketones is 1. The van der Waals surface area contributed by atoms with Crippen molar-refractivity contribution < 1.29 is 73.3 Å². The molecule has 3 heterocycles. The molecule has 0 aromatic heterocycles. The molecule has 6 unspecified atom stereocenters. The third-order valence-electron chi connectivity index (χ3n) is 6.98. The molecule has 0 aliphatic carbocycles. The largest absolute Gasteiger partial charge is 0.477 e. The first-order valence-corrected chi connectivity index (χ1v) is 14.3. The Morgan fingerprint density at radius 1 is 1.34 bits per heavy atom. The molecule has 0 spiro atoms. The van der Waals surface area contributed by atoms with Crippen LogP contribution < -0.4 is 5.73 Å². The van der Waals surface area contributed by atoms with Crippen LogP contribution in [0, 0.1) is 5.92 Å². The van der Waals surface area contributed by atoms with E-state index in [1.165, 1.54) is 17.2 Å². The number of Topliss-reactive ketones (excluding diaryl/α,β-unsaturated/α-hetero) is 1. The van der Waals surface area contributed by atoms with E-state index in [1.807, 2.05) is 0 Å². The number of nitrogens with two attached hydrogens (primary N) is 1. The number of aliphatic carboxylic acids is 1. The maximum absolute atomic E-state index is 12.9. The zero-order chi connectivity index (χ0) is 33.0. The summed E-state index contributed by atoms with van der Waals surface area (Å²) in [5, 5.41) is 74.5. The van der Waals surface area contributed by atoms with Crippen molar-refractivity contribution in [2.45, 2.75) is 67.6 Å². The fourth-order valence-electron chi connectivity index (χ4n) is 4.77. The number of carbonyl (C=O) groups is 2. The van der Waals surface area contributed by atoms with Gasteiger partial charge in [-0.3, -0.25) is 9.32 Å². The minimum atomic E-state index is -5.52. The summed E-state index contributed by atoms with van der Waals surface area (Å²) in [5.41, 5.74) is 14.0. The Kier molecular flexibility index (Phi) is 11.6. The number of carboxylic acid groups (broad SMARTS) is 1. The van der Waals surface area contributed by atoms with Crippen LogP contribution in [-0.4, -0.2) is 138 Å². The van der Waals surface area contributed by atoms with Crippen molar-refractivity contribution in [2.24, 2.45) is 21.8 Å². The van der Waals surface area contributed by atoms with Crippen molar-refractivity contribution in [3.8, 4) is 0 Å². The Bertz CT molecular complexity index is 1260. The third-order valence-corrected chi connectivity index (χ3v) is 7.98. The second kappa shape index (κ2) is 14.4. The van der Waals surface area contributed by atoms with E-state index in [1.54, 1.807) is 0 Å². The lowest BCUT2D eigenvalue weighted by atomic mass is 9.80. The minimum Gasteiger partial charge on any atom is -0.477 e. The predicted molar refractivity (Wildman–Crippen MR) is 141 cm³/mol. The van der Waals surface area contributed by atoms with Crippen LogP contribution in [0.5, 0.6) is 0 Å². The van der Waals surface area contributed by atoms with Crippen LogP contribution in [-0.2, 0) is 32.7 Å². The number of aliphatic hydroxyl groups excluding tert-OH is 6. The fraction of sp³-hybridized carbons (Fsp3) is 0.682.